The van der Waals surface area contributed by atoms with Crippen LogP contribution in [0.2, 0.25) is 0 Å². The molecular formula is C38H41N3O5. The van der Waals surface area contributed by atoms with Crippen molar-refractivity contribution in [3.63, 3.8) is 0 Å². The van der Waals surface area contributed by atoms with Gasteiger partial charge in [-0.15, -0.1) is 0 Å². The summed E-state index contributed by atoms with van der Waals surface area (Å²) in [5.41, 5.74) is 0.588. The van der Waals surface area contributed by atoms with Gasteiger partial charge in [0.05, 0.1) is 17.9 Å². The first-order valence-electron chi connectivity index (χ1n) is 16.6. The second-order valence-corrected chi connectivity index (χ2v) is 13.1. The van der Waals surface area contributed by atoms with Crippen molar-refractivity contribution >= 4 is 23.4 Å². The Hall–Kier alpha value is -4.43. The van der Waals surface area contributed by atoms with Crippen molar-refractivity contribution in [1.82, 2.24) is 10.2 Å². The van der Waals surface area contributed by atoms with Gasteiger partial charge in [-0.2, -0.15) is 0 Å². The lowest BCUT2D eigenvalue weighted by Gasteiger charge is -2.36. The molecule has 3 amide bonds. The largest absolute Gasteiger partial charge is 0.457 e. The van der Waals surface area contributed by atoms with Gasteiger partial charge in [0, 0.05) is 17.8 Å². The second kappa shape index (κ2) is 12.8. The molecule has 2 saturated heterocycles. The first kappa shape index (κ1) is 30.2. The highest BCUT2D eigenvalue weighted by atomic mass is 16.5. The van der Waals surface area contributed by atoms with E-state index in [0.717, 1.165) is 37.9 Å². The van der Waals surface area contributed by atoms with Crippen LogP contribution in [0.15, 0.2) is 97.1 Å². The molecule has 7 rings (SSSR count). The Bertz CT molecular complexity index is 1590. The standard InChI is InChI=1S/C38H41N3O5/c1-25(17-18-26-11-5-2-6-12-26)41-34(36(43)40-27-13-7-3-8-14-27)38-24-23-31(46-38)32(33(38)37(41)44)35(42)39-28-19-21-30(22-20-28)45-29-15-9-4-10-16-29/h2,4-6,9-12,15-16,19-25,27,31-34H,3,7-8,13-14,17-18H2,1H3,(H,39,42)(H,40,43)/t25-,31-,32+,33-,34-,38+/m1/s1. The van der Waals surface area contributed by atoms with Crippen molar-refractivity contribution in [3.05, 3.63) is 103 Å². The minimum Gasteiger partial charge on any atom is -0.457 e. The molecule has 46 heavy (non-hydrogen) atoms. The molecule has 0 radical (unpaired) electrons. The molecule has 2 N–H and O–H groups in total. The van der Waals surface area contributed by atoms with E-state index in [0.29, 0.717) is 17.9 Å². The van der Waals surface area contributed by atoms with Gasteiger partial charge in [-0.3, -0.25) is 14.4 Å². The summed E-state index contributed by atoms with van der Waals surface area (Å²) in [4.78, 5) is 44.3. The number of ether oxygens (including phenoxy) is 2. The summed E-state index contributed by atoms with van der Waals surface area (Å²) < 4.78 is 12.5. The molecule has 1 aliphatic carbocycles. The molecule has 238 valence electrons. The molecule has 1 saturated carbocycles. The van der Waals surface area contributed by atoms with E-state index in [2.05, 4.69) is 22.8 Å². The van der Waals surface area contributed by atoms with Crippen molar-refractivity contribution in [1.29, 1.82) is 0 Å². The fourth-order valence-electron chi connectivity index (χ4n) is 7.82. The summed E-state index contributed by atoms with van der Waals surface area (Å²) in [5, 5.41) is 6.29. The van der Waals surface area contributed by atoms with E-state index >= 15 is 0 Å². The molecule has 2 bridgehead atoms. The second-order valence-electron chi connectivity index (χ2n) is 13.1. The summed E-state index contributed by atoms with van der Waals surface area (Å²) in [5.74, 6) is -0.847. The maximum atomic E-state index is 14.5. The predicted molar refractivity (Wildman–Crippen MR) is 175 cm³/mol. The molecule has 3 fully saturated rings. The van der Waals surface area contributed by atoms with Gasteiger partial charge in [-0.05, 0) is 74.6 Å². The Morgan fingerprint density at radius 1 is 0.913 bits per heavy atom. The number of nitrogens with zero attached hydrogens (tertiary/aromatic N) is 1. The third-order valence-electron chi connectivity index (χ3n) is 10.1. The number of carbonyl (C=O) groups is 3. The predicted octanol–water partition coefficient (Wildman–Crippen LogP) is 6.04. The molecule has 1 spiro atoms. The first-order valence-corrected chi connectivity index (χ1v) is 16.6. The van der Waals surface area contributed by atoms with E-state index in [1.807, 2.05) is 67.6 Å². The number of hydrogen-bond donors (Lipinski definition) is 2. The smallest absolute Gasteiger partial charge is 0.246 e. The number of anilines is 1. The fourth-order valence-corrected chi connectivity index (χ4v) is 7.82. The van der Waals surface area contributed by atoms with Gasteiger partial charge >= 0.3 is 0 Å². The lowest BCUT2D eigenvalue weighted by atomic mass is 9.74. The van der Waals surface area contributed by atoms with Crippen molar-refractivity contribution in [2.75, 3.05) is 5.32 Å². The first-order chi connectivity index (χ1) is 22.4. The van der Waals surface area contributed by atoms with E-state index < -0.39 is 29.6 Å². The number of likely N-dealkylation sites (tertiary alicyclic amines) is 1. The van der Waals surface area contributed by atoms with Gasteiger partial charge < -0.3 is 25.0 Å². The highest BCUT2D eigenvalue weighted by Gasteiger charge is 2.73. The van der Waals surface area contributed by atoms with Gasteiger partial charge in [-0.1, -0.05) is 79.9 Å². The summed E-state index contributed by atoms with van der Waals surface area (Å²) >= 11 is 0. The van der Waals surface area contributed by atoms with Gasteiger partial charge in [0.1, 0.15) is 23.1 Å². The van der Waals surface area contributed by atoms with Crippen LogP contribution in [0.25, 0.3) is 0 Å². The molecule has 8 nitrogen and oxygen atoms in total. The number of nitrogens with one attached hydrogen (secondary N) is 2. The quantitative estimate of drug-likeness (QED) is 0.270. The van der Waals surface area contributed by atoms with E-state index in [9.17, 15) is 14.4 Å². The van der Waals surface area contributed by atoms with Crippen LogP contribution in [0.1, 0.15) is 51.0 Å². The van der Waals surface area contributed by atoms with Gasteiger partial charge in [0.2, 0.25) is 17.7 Å². The number of fused-ring (bicyclic) bond motifs is 1. The molecule has 3 aliphatic heterocycles. The van der Waals surface area contributed by atoms with E-state index in [1.54, 1.807) is 29.2 Å². The topological polar surface area (TPSA) is 97.0 Å². The average molecular weight is 620 g/mol. The van der Waals surface area contributed by atoms with Crippen LogP contribution >= 0.6 is 0 Å². The maximum Gasteiger partial charge on any atom is 0.246 e. The minimum absolute atomic E-state index is 0.0868. The number of hydrogen-bond acceptors (Lipinski definition) is 5. The fraction of sp³-hybridized carbons (Fsp3) is 0.395. The SMILES string of the molecule is C[C@H](CCc1ccccc1)N1C(=O)[C@H]2[C@@H](C(=O)Nc3ccc(Oc4ccccc4)cc3)[C@H]3C=C[C@@]2(O3)[C@H]1C(=O)NC1CCCCC1. The van der Waals surface area contributed by atoms with Crippen molar-refractivity contribution in [3.8, 4) is 11.5 Å². The zero-order valence-corrected chi connectivity index (χ0v) is 26.1. The molecule has 3 aromatic carbocycles. The van der Waals surface area contributed by atoms with Gasteiger partial charge in [-0.25, -0.2) is 0 Å². The highest BCUT2D eigenvalue weighted by molar-refractivity contribution is 6.03. The van der Waals surface area contributed by atoms with Crippen LogP contribution in [0.4, 0.5) is 5.69 Å². The van der Waals surface area contributed by atoms with Crippen molar-refractivity contribution < 1.29 is 23.9 Å². The third-order valence-corrected chi connectivity index (χ3v) is 10.1. The zero-order valence-electron chi connectivity index (χ0n) is 26.1. The molecule has 3 heterocycles. The van der Waals surface area contributed by atoms with E-state index in [4.69, 9.17) is 9.47 Å². The van der Waals surface area contributed by atoms with Crippen LogP contribution < -0.4 is 15.4 Å². The molecule has 0 aromatic heterocycles. The van der Waals surface area contributed by atoms with Crippen LogP contribution in [0, 0.1) is 11.8 Å². The monoisotopic (exact) mass is 619 g/mol. The number of benzene rings is 3. The molecule has 6 atom stereocenters. The molecule has 4 aliphatic rings. The van der Waals surface area contributed by atoms with Crippen LogP contribution in [-0.2, 0) is 25.5 Å². The molecule has 8 heteroatoms. The number of carbonyl (C=O) groups excluding carboxylic acids is 3. The Kier molecular flexibility index (Phi) is 8.38. The summed E-state index contributed by atoms with van der Waals surface area (Å²) in [6.45, 7) is 2.00. The number of para-hydroxylation sites is 1. The Labute approximate surface area is 270 Å². The Balaban J connectivity index is 1.12. The Morgan fingerprint density at radius 2 is 1.59 bits per heavy atom. The summed E-state index contributed by atoms with van der Waals surface area (Å²) in [6.07, 6.45) is 9.84. The average Bonchev–Trinajstić information content (AvgIpc) is 3.73. The maximum absolute atomic E-state index is 14.5. The number of rotatable bonds is 10. The third kappa shape index (κ3) is 5.71. The normalized spacial score (nSPS) is 27.3. The van der Waals surface area contributed by atoms with Gasteiger partial charge in [0.25, 0.3) is 0 Å². The van der Waals surface area contributed by atoms with Crippen molar-refractivity contribution in [2.24, 2.45) is 11.8 Å². The molecule has 3 aromatic rings. The zero-order chi connectivity index (χ0) is 31.7. The lowest BCUT2D eigenvalue weighted by molar-refractivity contribution is -0.143. The van der Waals surface area contributed by atoms with Crippen molar-refractivity contribution in [2.45, 2.75) is 81.7 Å². The molecular weight excluding hydrogens is 578 g/mol. The van der Waals surface area contributed by atoms with Crippen LogP contribution in [-0.4, -0.2) is 52.5 Å². The number of amides is 3. The highest BCUT2D eigenvalue weighted by Crippen LogP contribution is 2.56. The summed E-state index contributed by atoms with van der Waals surface area (Å²) in [7, 11) is 0. The van der Waals surface area contributed by atoms with E-state index in [1.165, 1.54) is 12.0 Å². The van der Waals surface area contributed by atoms with Crippen LogP contribution in [0.5, 0.6) is 11.5 Å². The Morgan fingerprint density at radius 3 is 2.30 bits per heavy atom. The van der Waals surface area contributed by atoms with E-state index in [-0.39, 0.29) is 29.8 Å². The van der Waals surface area contributed by atoms with Gasteiger partial charge in [0.15, 0.2) is 0 Å². The lowest BCUT2D eigenvalue weighted by Crippen LogP contribution is -2.58. The summed E-state index contributed by atoms with van der Waals surface area (Å²) in [6, 6.07) is 25.8. The number of aryl methyl sites for hydroxylation is 1. The molecule has 0 unspecified atom stereocenters. The minimum atomic E-state index is -1.18. The van der Waals surface area contributed by atoms with Crippen LogP contribution in [0.3, 0.4) is 0 Å².